The van der Waals surface area contributed by atoms with Crippen LogP contribution in [0.15, 0.2) is 22.7 Å². The molecule has 0 spiro atoms. The molecule has 1 aromatic rings. The first-order valence-electron chi connectivity index (χ1n) is 5.65. The van der Waals surface area contributed by atoms with Crippen molar-refractivity contribution in [3.8, 4) is 0 Å². The molecule has 0 aromatic heterocycles. The summed E-state index contributed by atoms with van der Waals surface area (Å²) >= 11 is 9.55. The van der Waals surface area contributed by atoms with Crippen LogP contribution in [-0.2, 0) is 11.2 Å². The van der Waals surface area contributed by atoms with Crippen LogP contribution in [0.3, 0.4) is 0 Å². The summed E-state index contributed by atoms with van der Waals surface area (Å²) in [7, 11) is 0. The van der Waals surface area contributed by atoms with Crippen LogP contribution < -0.4 is 11.3 Å². The normalized spacial score (nSPS) is 12.7. The lowest BCUT2D eigenvalue weighted by Gasteiger charge is -2.16. The molecule has 0 radical (unpaired) electrons. The molecule has 0 bridgehead atoms. The van der Waals surface area contributed by atoms with Gasteiger partial charge in [-0.25, -0.2) is 0 Å². The van der Waals surface area contributed by atoms with Gasteiger partial charge in [0.05, 0.1) is 0 Å². The molecule has 0 saturated heterocycles. The first kappa shape index (κ1) is 14.9. The standard InChI is InChI=1S/C12H18BrClN2O/c1-2-17-6-5-11(16-15)7-9-3-4-10(13)8-12(9)14/h3-4,8,11,16H,2,5-7,15H2,1H3. The lowest BCUT2D eigenvalue weighted by Crippen LogP contribution is -2.37. The van der Waals surface area contributed by atoms with Gasteiger partial charge in [0, 0.05) is 28.8 Å². The summed E-state index contributed by atoms with van der Waals surface area (Å²) in [6, 6.07) is 6.07. The zero-order chi connectivity index (χ0) is 12.7. The lowest BCUT2D eigenvalue weighted by molar-refractivity contribution is 0.136. The van der Waals surface area contributed by atoms with Crippen molar-refractivity contribution in [2.45, 2.75) is 25.8 Å². The summed E-state index contributed by atoms with van der Waals surface area (Å²) in [6.07, 6.45) is 1.67. The van der Waals surface area contributed by atoms with Crippen molar-refractivity contribution in [3.63, 3.8) is 0 Å². The van der Waals surface area contributed by atoms with E-state index in [-0.39, 0.29) is 6.04 Å². The number of hydrogen-bond acceptors (Lipinski definition) is 3. The van der Waals surface area contributed by atoms with Gasteiger partial charge in [0.1, 0.15) is 0 Å². The average Bonchev–Trinajstić information content (AvgIpc) is 2.31. The third-order valence-corrected chi connectivity index (χ3v) is 3.38. The Kier molecular flexibility index (Phi) is 7.08. The van der Waals surface area contributed by atoms with Crippen molar-refractivity contribution in [2.75, 3.05) is 13.2 Å². The van der Waals surface area contributed by atoms with E-state index >= 15 is 0 Å². The van der Waals surface area contributed by atoms with Gasteiger partial charge in [-0.05, 0) is 37.5 Å². The van der Waals surface area contributed by atoms with Crippen LogP contribution in [0.25, 0.3) is 0 Å². The van der Waals surface area contributed by atoms with Crippen LogP contribution in [0.2, 0.25) is 5.02 Å². The van der Waals surface area contributed by atoms with Gasteiger partial charge in [-0.1, -0.05) is 33.6 Å². The second kappa shape index (κ2) is 8.06. The molecular weight excluding hydrogens is 304 g/mol. The zero-order valence-electron chi connectivity index (χ0n) is 9.88. The highest BCUT2D eigenvalue weighted by molar-refractivity contribution is 9.10. The Morgan fingerprint density at radius 3 is 2.88 bits per heavy atom. The summed E-state index contributed by atoms with van der Waals surface area (Å²) in [5.74, 6) is 5.52. The highest BCUT2D eigenvalue weighted by Crippen LogP contribution is 2.22. The van der Waals surface area contributed by atoms with Crippen LogP contribution in [0.4, 0.5) is 0 Å². The van der Waals surface area contributed by atoms with Crippen molar-refractivity contribution in [2.24, 2.45) is 5.84 Å². The molecule has 1 atom stereocenters. The molecule has 96 valence electrons. The van der Waals surface area contributed by atoms with Gasteiger partial charge < -0.3 is 4.74 Å². The van der Waals surface area contributed by atoms with E-state index < -0.39 is 0 Å². The topological polar surface area (TPSA) is 47.3 Å². The highest BCUT2D eigenvalue weighted by atomic mass is 79.9. The molecule has 5 heteroatoms. The maximum atomic E-state index is 6.16. The highest BCUT2D eigenvalue weighted by Gasteiger charge is 2.10. The van der Waals surface area contributed by atoms with Crippen LogP contribution in [0.1, 0.15) is 18.9 Å². The van der Waals surface area contributed by atoms with Crippen molar-refractivity contribution in [1.29, 1.82) is 0 Å². The maximum absolute atomic E-state index is 6.16. The number of nitrogens with two attached hydrogens (primary N) is 1. The quantitative estimate of drug-likeness (QED) is 0.461. The molecule has 0 fully saturated rings. The molecule has 1 unspecified atom stereocenters. The lowest BCUT2D eigenvalue weighted by atomic mass is 10.0. The Balaban J connectivity index is 2.54. The first-order chi connectivity index (χ1) is 8.17. The van der Waals surface area contributed by atoms with Crippen LogP contribution in [-0.4, -0.2) is 19.3 Å². The molecule has 0 aliphatic carbocycles. The summed E-state index contributed by atoms with van der Waals surface area (Å²) in [6.45, 7) is 3.42. The third kappa shape index (κ3) is 5.36. The molecule has 1 aromatic carbocycles. The van der Waals surface area contributed by atoms with E-state index in [1.807, 2.05) is 25.1 Å². The minimum atomic E-state index is 0.181. The monoisotopic (exact) mass is 320 g/mol. The number of ether oxygens (including phenoxy) is 1. The molecule has 0 heterocycles. The average molecular weight is 322 g/mol. The molecule has 3 N–H and O–H groups in total. The second-order valence-corrected chi connectivity index (χ2v) is 5.11. The minimum Gasteiger partial charge on any atom is -0.382 e. The number of rotatable bonds is 7. The molecule has 0 saturated carbocycles. The van der Waals surface area contributed by atoms with Crippen LogP contribution >= 0.6 is 27.5 Å². The van der Waals surface area contributed by atoms with E-state index in [2.05, 4.69) is 21.4 Å². The van der Waals surface area contributed by atoms with Gasteiger partial charge in [-0.2, -0.15) is 0 Å². The van der Waals surface area contributed by atoms with Gasteiger partial charge in [-0.15, -0.1) is 0 Å². The van der Waals surface area contributed by atoms with E-state index in [0.29, 0.717) is 6.61 Å². The van der Waals surface area contributed by atoms with Gasteiger partial charge in [0.2, 0.25) is 0 Å². The van der Waals surface area contributed by atoms with Gasteiger partial charge in [0.15, 0.2) is 0 Å². The van der Waals surface area contributed by atoms with Crippen molar-refractivity contribution in [1.82, 2.24) is 5.43 Å². The first-order valence-corrected chi connectivity index (χ1v) is 6.82. The van der Waals surface area contributed by atoms with Crippen molar-refractivity contribution in [3.05, 3.63) is 33.3 Å². The summed E-state index contributed by atoms with van der Waals surface area (Å²) in [4.78, 5) is 0. The molecule has 0 aliphatic rings. The maximum Gasteiger partial charge on any atom is 0.0481 e. The summed E-state index contributed by atoms with van der Waals surface area (Å²) < 4.78 is 6.30. The predicted molar refractivity (Wildman–Crippen MR) is 75.1 cm³/mol. The summed E-state index contributed by atoms with van der Waals surface area (Å²) in [5, 5.41) is 0.760. The number of benzene rings is 1. The molecule has 0 amide bonds. The molecule has 3 nitrogen and oxygen atoms in total. The van der Waals surface area contributed by atoms with E-state index in [1.165, 1.54) is 0 Å². The minimum absolute atomic E-state index is 0.181. The summed E-state index contributed by atoms with van der Waals surface area (Å²) in [5.41, 5.74) is 3.89. The fourth-order valence-corrected chi connectivity index (χ4v) is 2.32. The molecule has 0 aliphatic heterocycles. The van der Waals surface area contributed by atoms with E-state index in [4.69, 9.17) is 22.2 Å². The van der Waals surface area contributed by atoms with Crippen LogP contribution in [0.5, 0.6) is 0 Å². The number of hydrogen-bond donors (Lipinski definition) is 2. The van der Waals surface area contributed by atoms with Crippen LogP contribution in [0, 0.1) is 0 Å². The zero-order valence-corrected chi connectivity index (χ0v) is 12.2. The van der Waals surface area contributed by atoms with Crippen molar-refractivity contribution < 1.29 is 4.74 Å². The molecular formula is C12H18BrClN2O. The van der Waals surface area contributed by atoms with E-state index in [0.717, 1.165) is 34.5 Å². The largest absolute Gasteiger partial charge is 0.382 e. The Morgan fingerprint density at radius 1 is 1.53 bits per heavy atom. The SMILES string of the molecule is CCOCCC(Cc1ccc(Br)cc1Cl)NN. The van der Waals surface area contributed by atoms with E-state index in [1.54, 1.807) is 0 Å². The van der Waals surface area contributed by atoms with E-state index in [9.17, 15) is 0 Å². The smallest absolute Gasteiger partial charge is 0.0481 e. The Morgan fingerprint density at radius 2 is 2.29 bits per heavy atom. The van der Waals surface area contributed by atoms with Gasteiger partial charge >= 0.3 is 0 Å². The molecule has 1 rings (SSSR count). The fraction of sp³-hybridized carbons (Fsp3) is 0.500. The fourth-order valence-electron chi connectivity index (χ4n) is 1.57. The second-order valence-electron chi connectivity index (χ2n) is 3.79. The predicted octanol–water partition coefficient (Wildman–Crippen LogP) is 2.90. The number of halogens is 2. The molecule has 17 heavy (non-hydrogen) atoms. The number of nitrogens with one attached hydrogen (secondary N) is 1. The third-order valence-electron chi connectivity index (χ3n) is 2.53. The van der Waals surface area contributed by atoms with Crippen molar-refractivity contribution >= 4 is 27.5 Å². The van der Waals surface area contributed by atoms with Gasteiger partial charge in [-0.3, -0.25) is 11.3 Å². The number of hydrazine groups is 1. The Hall–Kier alpha value is -0.130. The van der Waals surface area contributed by atoms with Gasteiger partial charge in [0.25, 0.3) is 0 Å². The Labute approximate surface area is 116 Å². The Bertz CT molecular complexity index is 349.